The molecule has 2 amide bonds. The summed E-state index contributed by atoms with van der Waals surface area (Å²) in [4.78, 5) is 38.7. The van der Waals surface area contributed by atoms with Gasteiger partial charge in [-0.3, -0.25) is 14.4 Å². The lowest BCUT2D eigenvalue weighted by atomic mass is 9.91. The van der Waals surface area contributed by atoms with Gasteiger partial charge >= 0.3 is 5.97 Å². The summed E-state index contributed by atoms with van der Waals surface area (Å²) < 4.78 is 5.31. The van der Waals surface area contributed by atoms with Gasteiger partial charge in [-0.1, -0.05) is 36.4 Å². The molecule has 4 rings (SSSR count). The van der Waals surface area contributed by atoms with E-state index in [0.717, 1.165) is 29.7 Å². The SMILES string of the molecule is O=C1CC(C(=O)OCC(=O)N2CCCc3ccccc32)c2ccccc2N1. The first-order valence-electron chi connectivity index (χ1n) is 9.07. The Morgan fingerprint density at radius 2 is 1.89 bits per heavy atom. The standard InChI is InChI=1S/C21H20N2O4/c24-19-12-16(15-8-2-3-9-17(15)22-19)21(26)27-13-20(25)23-11-5-7-14-6-1-4-10-18(14)23/h1-4,6,8-10,16H,5,7,11-13H2,(H,22,24). The fourth-order valence-corrected chi connectivity index (χ4v) is 3.73. The van der Waals surface area contributed by atoms with Gasteiger partial charge in [0.15, 0.2) is 6.61 Å². The van der Waals surface area contributed by atoms with Crippen LogP contribution in [0.1, 0.15) is 29.9 Å². The molecule has 1 unspecified atom stereocenters. The van der Waals surface area contributed by atoms with E-state index in [0.29, 0.717) is 12.2 Å². The summed E-state index contributed by atoms with van der Waals surface area (Å²) in [7, 11) is 0. The number of nitrogens with one attached hydrogen (secondary N) is 1. The quantitative estimate of drug-likeness (QED) is 0.850. The van der Waals surface area contributed by atoms with Gasteiger partial charge in [-0.2, -0.15) is 0 Å². The van der Waals surface area contributed by atoms with Crippen LogP contribution in [-0.4, -0.2) is 30.9 Å². The fraction of sp³-hybridized carbons (Fsp3) is 0.286. The Morgan fingerprint density at radius 3 is 2.78 bits per heavy atom. The van der Waals surface area contributed by atoms with Crippen molar-refractivity contribution in [3.05, 3.63) is 59.7 Å². The van der Waals surface area contributed by atoms with Crippen LogP contribution in [-0.2, 0) is 25.5 Å². The van der Waals surface area contributed by atoms with Gasteiger partial charge in [0.25, 0.3) is 5.91 Å². The van der Waals surface area contributed by atoms with E-state index in [9.17, 15) is 14.4 Å². The van der Waals surface area contributed by atoms with Crippen molar-refractivity contribution in [2.45, 2.75) is 25.2 Å². The third-order valence-corrected chi connectivity index (χ3v) is 5.03. The topological polar surface area (TPSA) is 75.7 Å². The molecule has 0 saturated carbocycles. The molecule has 27 heavy (non-hydrogen) atoms. The number of carbonyl (C=O) groups is 3. The van der Waals surface area contributed by atoms with E-state index in [1.54, 1.807) is 23.1 Å². The fourth-order valence-electron chi connectivity index (χ4n) is 3.73. The second-order valence-corrected chi connectivity index (χ2v) is 6.78. The first-order valence-corrected chi connectivity index (χ1v) is 9.07. The highest BCUT2D eigenvalue weighted by Gasteiger charge is 2.32. The molecule has 2 heterocycles. The summed E-state index contributed by atoms with van der Waals surface area (Å²) in [6.45, 7) is 0.287. The Labute approximate surface area is 157 Å². The van der Waals surface area contributed by atoms with Crippen LogP contribution >= 0.6 is 0 Å². The average molecular weight is 364 g/mol. The van der Waals surface area contributed by atoms with Crippen molar-refractivity contribution in [3.8, 4) is 0 Å². The molecule has 0 saturated heterocycles. The molecule has 2 aromatic rings. The highest BCUT2D eigenvalue weighted by Crippen LogP contribution is 2.33. The zero-order valence-electron chi connectivity index (χ0n) is 14.8. The minimum absolute atomic E-state index is 0.0244. The Bertz CT molecular complexity index is 909. The third kappa shape index (κ3) is 3.43. The zero-order chi connectivity index (χ0) is 18.8. The number of amides is 2. The molecule has 0 aromatic heterocycles. The Morgan fingerprint density at radius 1 is 1.11 bits per heavy atom. The van der Waals surface area contributed by atoms with Gasteiger partial charge in [0.2, 0.25) is 5.91 Å². The first kappa shape index (κ1) is 17.3. The van der Waals surface area contributed by atoms with Crippen LogP contribution in [0.5, 0.6) is 0 Å². The van der Waals surface area contributed by atoms with Gasteiger partial charge in [0, 0.05) is 24.3 Å². The second kappa shape index (κ2) is 7.23. The number of para-hydroxylation sites is 2. The number of fused-ring (bicyclic) bond motifs is 2. The van der Waals surface area contributed by atoms with E-state index in [1.807, 2.05) is 30.3 Å². The molecule has 0 aliphatic carbocycles. The van der Waals surface area contributed by atoms with Crippen LogP contribution < -0.4 is 10.2 Å². The molecular weight excluding hydrogens is 344 g/mol. The van der Waals surface area contributed by atoms with Gasteiger partial charge in [0.05, 0.1) is 5.92 Å². The number of anilines is 2. The van der Waals surface area contributed by atoms with Crippen LogP contribution in [0.15, 0.2) is 48.5 Å². The summed E-state index contributed by atoms with van der Waals surface area (Å²) in [5.74, 6) is -1.71. The number of hydrogen-bond acceptors (Lipinski definition) is 4. The average Bonchev–Trinajstić information content (AvgIpc) is 2.70. The maximum atomic E-state index is 12.6. The molecule has 138 valence electrons. The number of aryl methyl sites for hydroxylation is 1. The first-order chi connectivity index (χ1) is 13.1. The van der Waals surface area contributed by atoms with Gasteiger partial charge in [-0.05, 0) is 36.1 Å². The lowest BCUT2D eigenvalue weighted by Crippen LogP contribution is -2.39. The van der Waals surface area contributed by atoms with Crippen LogP contribution in [0.25, 0.3) is 0 Å². The summed E-state index contributed by atoms with van der Waals surface area (Å²) in [5.41, 5.74) is 3.35. The predicted octanol–water partition coefficient (Wildman–Crippen LogP) is 2.63. The third-order valence-electron chi connectivity index (χ3n) is 5.03. The number of benzene rings is 2. The lowest BCUT2D eigenvalue weighted by Gasteiger charge is -2.29. The van der Waals surface area contributed by atoms with Crippen LogP contribution in [0.2, 0.25) is 0 Å². The van der Waals surface area contributed by atoms with Crippen molar-refractivity contribution in [2.75, 3.05) is 23.4 Å². The van der Waals surface area contributed by atoms with Crippen LogP contribution in [0.3, 0.4) is 0 Å². The van der Waals surface area contributed by atoms with Crippen molar-refractivity contribution in [1.29, 1.82) is 0 Å². The number of hydrogen-bond donors (Lipinski definition) is 1. The molecule has 2 aromatic carbocycles. The van der Waals surface area contributed by atoms with Crippen molar-refractivity contribution in [1.82, 2.24) is 0 Å². The smallest absolute Gasteiger partial charge is 0.314 e. The summed E-state index contributed by atoms with van der Waals surface area (Å²) in [5, 5.41) is 2.75. The number of rotatable bonds is 3. The van der Waals surface area contributed by atoms with E-state index in [1.165, 1.54) is 0 Å². The van der Waals surface area contributed by atoms with Gasteiger partial charge in [-0.25, -0.2) is 0 Å². The predicted molar refractivity (Wildman–Crippen MR) is 101 cm³/mol. The van der Waals surface area contributed by atoms with E-state index in [-0.39, 0.29) is 24.8 Å². The van der Waals surface area contributed by atoms with E-state index in [2.05, 4.69) is 5.32 Å². The van der Waals surface area contributed by atoms with Crippen molar-refractivity contribution in [2.24, 2.45) is 0 Å². The minimum atomic E-state index is -0.684. The van der Waals surface area contributed by atoms with E-state index < -0.39 is 11.9 Å². The molecule has 6 heteroatoms. The van der Waals surface area contributed by atoms with Crippen LogP contribution in [0.4, 0.5) is 11.4 Å². The molecule has 2 aliphatic rings. The zero-order valence-corrected chi connectivity index (χ0v) is 14.8. The van der Waals surface area contributed by atoms with Crippen molar-refractivity contribution in [3.63, 3.8) is 0 Å². The van der Waals surface area contributed by atoms with Crippen LogP contribution in [0, 0.1) is 0 Å². The minimum Gasteiger partial charge on any atom is -0.455 e. The molecule has 1 atom stereocenters. The number of esters is 1. The molecular formula is C21H20N2O4. The number of ether oxygens (including phenoxy) is 1. The summed E-state index contributed by atoms with van der Waals surface area (Å²) >= 11 is 0. The Kier molecular flexibility index (Phi) is 4.62. The molecule has 0 bridgehead atoms. The molecule has 2 aliphatic heterocycles. The van der Waals surface area contributed by atoms with Gasteiger partial charge in [-0.15, -0.1) is 0 Å². The molecule has 0 fully saturated rings. The maximum absolute atomic E-state index is 12.6. The monoisotopic (exact) mass is 364 g/mol. The normalized spacial score (nSPS) is 18.1. The second-order valence-electron chi connectivity index (χ2n) is 6.78. The number of carbonyl (C=O) groups excluding carboxylic acids is 3. The largest absolute Gasteiger partial charge is 0.455 e. The Hall–Kier alpha value is -3.15. The summed E-state index contributed by atoms with van der Waals surface area (Å²) in [6.07, 6.45) is 1.84. The lowest BCUT2D eigenvalue weighted by molar-refractivity contribution is -0.150. The van der Waals surface area contributed by atoms with Crippen molar-refractivity contribution >= 4 is 29.2 Å². The Balaban J connectivity index is 1.45. The molecule has 1 N–H and O–H groups in total. The summed E-state index contributed by atoms with van der Waals surface area (Å²) in [6, 6.07) is 14.9. The highest BCUT2D eigenvalue weighted by molar-refractivity contribution is 6.01. The maximum Gasteiger partial charge on any atom is 0.314 e. The van der Waals surface area contributed by atoms with Crippen molar-refractivity contribution < 1.29 is 19.1 Å². The molecule has 0 spiro atoms. The molecule has 6 nitrogen and oxygen atoms in total. The van der Waals surface area contributed by atoms with Gasteiger partial charge < -0.3 is 15.0 Å². The number of nitrogens with zero attached hydrogens (tertiary/aromatic N) is 1. The highest BCUT2D eigenvalue weighted by atomic mass is 16.5. The van der Waals surface area contributed by atoms with Gasteiger partial charge in [0.1, 0.15) is 0 Å². The molecule has 0 radical (unpaired) electrons. The van der Waals surface area contributed by atoms with E-state index in [4.69, 9.17) is 4.74 Å². The van der Waals surface area contributed by atoms with E-state index >= 15 is 0 Å².